The predicted octanol–water partition coefficient (Wildman–Crippen LogP) is 5.51. The number of benzene rings is 1. The van der Waals surface area contributed by atoms with Gasteiger partial charge >= 0.3 is 0 Å². The third kappa shape index (κ3) is 6.95. The molecule has 18 heavy (non-hydrogen) atoms. The van der Waals surface area contributed by atoms with Crippen LogP contribution in [0.15, 0.2) is 44.0 Å². The van der Waals surface area contributed by atoms with Crippen molar-refractivity contribution in [1.82, 2.24) is 0 Å². The molecule has 0 N–H and O–H groups in total. The van der Waals surface area contributed by atoms with Crippen molar-refractivity contribution in [2.75, 3.05) is 7.11 Å². The first-order valence-electron chi connectivity index (χ1n) is 6.32. The molecule has 0 radical (unpaired) electrons. The molecule has 0 aliphatic heterocycles. The summed E-state index contributed by atoms with van der Waals surface area (Å²) in [6.07, 6.45) is 2.90. The van der Waals surface area contributed by atoms with Crippen LogP contribution in [0, 0.1) is 6.92 Å². The summed E-state index contributed by atoms with van der Waals surface area (Å²) in [7, 11) is 1.74. The largest absolute Gasteiger partial charge is 0.496 e. The van der Waals surface area contributed by atoms with E-state index < -0.39 is 0 Å². The Morgan fingerprint density at radius 1 is 1.33 bits per heavy atom. The Bertz CT molecular complexity index is 328. The van der Waals surface area contributed by atoms with Gasteiger partial charge in [-0.15, -0.1) is 19.7 Å². The van der Waals surface area contributed by atoms with Gasteiger partial charge in [0.25, 0.3) is 0 Å². The van der Waals surface area contributed by atoms with Crippen molar-refractivity contribution >= 4 is 0 Å². The van der Waals surface area contributed by atoms with E-state index in [2.05, 4.69) is 58.7 Å². The SMILES string of the molecule is C=C.C=CC.CCC(C)c1ccc(C)cc1OC. The van der Waals surface area contributed by atoms with Crippen LogP contribution >= 0.6 is 0 Å². The molecule has 0 saturated heterocycles. The van der Waals surface area contributed by atoms with Crippen molar-refractivity contribution in [3.63, 3.8) is 0 Å². The van der Waals surface area contributed by atoms with E-state index in [1.807, 2.05) is 6.92 Å². The smallest absolute Gasteiger partial charge is 0.122 e. The quantitative estimate of drug-likeness (QED) is 0.641. The molecular weight excluding hydrogens is 220 g/mol. The lowest BCUT2D eigenvalue weighted by atomic mass is 9.96. The summed E-state index contributed by atoms with van der Waals surface area (Å²) in [6.45, 7) is 17.8. The zero-order chi connectivity index (χ0) is 14.6. The summed E-state index contributed by atoms with van der Waals surface area (Å²) >= 11 is 0. The zero-order valence-electron chi connectivity index (χ0n) is 12.6. The summed E-state index contributed by atoms with van der Waals surface area (Å²) in [4.78, 5) is 0. The second-order valence-electron chi connectivity index (χ2n) is 3.96. The third-order valence-electron chi connectivity index (χ3n) is 2.53. The lowest BCUT2D eigenvalue weighted by molar-refractivity contribution is 0.405. The van der Waals surface area contributed by atoms with Crippen LogP contribution < -0.4 is 4.74 Å². The van der Waals surface area contributed by atoms with Crippen molar-refractivity contribution in [3.05, 3.63) is 55.1 Å². The Kier molecular flexibility index (Phi) is 12.5. The van der Waals surface area contributed by atoms with Crippen LogP contribution in [0.1, 0.15) is 44.2 Å². The number of allylic oxidation sites excluding steroid dienone is 1. The van der Waals surface area contributed by atoms with Crippen molar-refractivity contribution in [1.29, 1.82) is 0 Å². The molecule has 0 fully saturated rings. The maximum absolute atomic E-state index is 5.35. The number of hydrogen-bond donors (Lipinski definition) is 0. The highest BCUT2D eigenvalue weighted by Crippen LogP contribution is 2.29. The van der Waals surface area contributed by atoms with Gasteiger partial charge in [0.2, 0.25) is 0 Å². The van der Waals surface area contributed by atoms with Crippen LogP contribution in [-0.2, 0) is 0 Å². The molecule has 1 nitrogen and oxygen atoms in total. The van der Waals surface area contributed by atoms with E-state index in [4.69, 9.17) is 4.74 Å². The van der Waals surface area contributed by atoms with Crippen LogP contribution in [0.2, 0.25) is 0 Å². The van der Waals surface area contributed by atoms with Gasteiger partial charge in [-0.2, -0.15) is 0 Å². The molecule has 0 spiro atoms. The number of rotatable bonds is 3. The molecule has 0 aliphatic carbocycles. The highest BCUT2D eigenvalue weighted by atomic mass is 16.5. The van der Waals surface area contributed by atoms with Gasteiger partial charge in [0.05, 0.1) is 7.11 Å². The van der Waals surface area contributed by atoms with E-state index >= 15 is 0 Å². The van der Waals surface area contributed by atoms with Gasteiger partial charge in [-0.1, -0.05) is 32.1 Å². The maximum Gasteiger partial charge on any atom is 0.122 e. The Morgan fingerprint density at radius 3 is 2.22 bits per heavy atom. The molecule has 102 valence electrons. The number of hydrogen-bond acceptors (Lipinski definition) is 1. The van der Waals surface area contributed by atoms with Gasteiger partial charge in [0, 0.05) is 0 Å². The number of aryl methyl sites for hydroxylation is 1. The van der Waals surface area contributed by atoms with Crippen molar-refractivity contribution < 1.29 is 4.74 Å². The zero-order valence-corrected chi connectivity index (χ0v) is 12.6. The average Bonchev–Trinajstić information content (AvgIpc) is 2.41. The Morgan fingerprint density at radius 2 is 1.83 bits per heavy atom. The maximum atomic E-state index is 5.35. The van der Waals surface area contributed by atoms with Gasteiger partial charge < -0.3 is 4.74 Å². The molecule has 1 heteroatoms. The molecule has 1 unspecified atom stereocenters. The molecule has 1 aromatic rings. The van der Waals surface area contributed by atoms with Gasteiger partial charge in [-0.3, -0.25) is 0 Å². The van der Waals surface area contributed by atoms with Gasteiger partial charge in [0.15, 0.2) is 0 Å². The molecule has 0 saturated carbocycles. The van der Waals surface area contributed by atoms with E-state index in [9.17, 15) is 0 Å². The Balaban J connectivity index is 0. The minimum absolute atomic E-state index is 0.579. The summed E-state index contributed by atoms with van der Waals surface area (Å²) in [5, 5.41) is 0. The van der Waals surface area contributed by atoms with Crippen LogP contribution in [-0.4, -0.2) is 7.11 Å². The van der Waals surface area contributed by atoms with E-state index in [1.54, 1.807) is 13.2 Å². The topological polar surface area (TPSA) is 9.23 Å². The molecule has 0 bridgehead atoms. The fourth-order valence-corrected chi connectivity index (χ4v) is 1.45. The predicted molar refractivity (Wildman–Crippen MR) is 83.6 cm³/mol. The molecular formula is C17H28O. The highest BCUT2D eigenvalue weighted by molar-refractivity contribution is 5.39. The van der Waals surface area contributed by atoms with Gasteiger partial charge in [0.1, 0.15) is 5.75 Å². The number of ether oxygens (including phenoxy) is 1. The minimum Gasteiger partial charge on any atom is -0.496 e. The van der Waals surface area contributed by atoms with Crippen LogP contribution in [0.3, 0.4) is 0 Å². The lowest BCUT2D eigenvalue weighted by Gasteiger charge is -2.14. The van der Waals surface area contributed by atoms with E-state index in [0.717, 1.165) is 12.2 Å². The average molecular weight is 248 g/mol. The van der Waals surface area contributed by atoms with Crippen molar-refractivity contribution in [2.24, 2.45) is 0 Å². The molecule has 0 aliphatic rings. The van der Waals surface area contributed by atoms with E-state index in [1.165, 1.54) is 11.1 Å². The molecule has 0 amide bonds. The normalized spacial score (nSPS) is 10.1. The summed E-state index contributed by atoms with van der Waals surface area (Å²) in [5.74, 6) is 1.60. The molecule has 0 heterocycles. The second-order valence-corrected chi connectivity index (χ2v) is 3.96. The van der Waals surface area contributed by atoms with E-state index in [0.29, 0.717) is 5.92 Å². The molecule has 1 aromatic carbocycles. The van der Waals surface area contributed by atoms with Crippen LogP contribution in [0.5, 0.6) is 5.75 Å². The van der Waals surface area contributed by atoms with Crippen molar-refractivity contribution in [2.45, 2.75) is 40.0 Å². The summed E-state index contributed by atoms with van der Waals surface area (Å²) in [5.41, 5.74) is 2.57. The van der Waals surface area contributed by atoms with Crippen LogP contribution in [0.25, 0.3) is 0 Å². The minimum atomic E-state index is 0.579. The van der Waals surface area contributed by atoms with E-state index in [-0.39, 0.29) is 0 Å². The monoisotopic (exact) mass is 248 g/mol. The number of methoxy groups -OCH3 is 1. The second kappa shape index (κ2) is 12.0. The molecule has 1 rings (SSSR count). The Hall–Kier alpha value is -1.50. The summed E-state index contributed by atoms with van der Waals surface area (Å²) in [6, 6.07) is 6.41. The van der Waals surface area contributed by atoms with Gasteiger partial charge in [-0.05, 0) is 43.4 Å². The molecule has 0 aromatic heterocycles. The Labute approximate surface area is 113 Å². The van der Waals surface area contributed by atoms with Crippen LogP contribution in [0.4, 0.5) is 0 Å². The summed E-state index contributed by atoms with van der Waals surface area (Å²) < 4.78 is 5.35. The fourth-order valence-electron chi connectivity index (χ4n) is 1.45. The fraction of sp³-hybridized carbons (Fsp3) is 0.412. The highest BCUT2D eigenvalue weighted by Gasteiger charge is 2.08. The first-order valence-corrected chi connectivity index (χ1v) is 6.32. The first kappa shape index (κ1) is 18.9. The van der Waals surface area contributed by atoms with Crippen molar-refractivity contribution in [3.8, 4) is 5.75 Å². The first-order chi connectivity index (χ1) is 8.60. The third-order valence-corrected chi connectivity index (χ3v) is 2.53. The molecule has 1 atom stereocenters. The standard InChI is InChI=1S/C12H18O.C3H6.C2H4/c1-5-10(3)11-7-6-9(2)8-12(11)13-4;1-3-2;1-2/h6-8,10H,5H2,1-4H3;3H,1H2,2H3;1-2H2. The van der Waals surface area contributed by atoms with Gasteiger partial charge in [-0.25, -0.2) is 0 Å². The lowest BCUT2D eigenvalue weighted by Crippen LogP contribution is -1.96.